The molecule has 1 rings (SSSR count). The van der Waals surface area contributed by atoms with Crippen LogP contribution in [0.3, 0.4) is 0 Å². The highest BCUT2D eigenvalue weighted by Crippen LogP contribution is 2.23. The van der Waals surface area contributed by atoms with Crippen molar-refractivity contribution < 1.29 is 9.47 Å². The Morgan fingerprint density at radius 2 is 1.45 bits per heavy atom. The number of hydrogen-bond acceptors (Lipinski definition) is 2. The van der Waals surface area contributed by atoms with Crippen LogP contribution in [-0.2, 0) is 9.47 Å². The summed E-state index contributed by atoms with van der Waals surface area (Å²) < 4.78 is 11.3. The van der Waals surface area contributed by atoms with Gasteiger partial charge in [-0.15, -0.1) is 0 Å². The lowest BCUT2D eigenvalue weighted by molar-refractivity contribution is -0.174. The molecule has 0 spiro atoms. The maximum atomic E-state index is 5.64. The number of rotatable bonds is 12. The molecule has 0 unspecified atom stereocenters. The van der Waals surface area contributed by atoms with Gasteiger partial charge in [-0.3, -0.25) is 0 Å². The minimum Gasteiger partial charge on any atom is -0.350 e. The predicted octanol–water partition coefficient (Wildman–Crippen LogP) is 5.83. The van der Waals surface area contributed by atoms with Crippen molar-refractivity contribution in [3.05, 3.63) is 42.0 Å². The van der Waals surface area contributed by atoms with Crippen LogP contribution in [0, 0.1) is 0 Å². The SMILES string of the molecule is CCCCCCCCCC(C=Cc1ccccc1)(OC)OC. The summed E-state index contributed by atoms with van der Waals surface area (Å²) in [6.45, 7) is 2.25. The molecule has 1 aromatic rings. The lowest BCUT2D eigenvalue weighted by Gasteiger charge is -2.27. The number of hydrogen-bond donors (Lipinski definition) is 0. The van der Waals surface area contributed by atoms with E-state index in [2.05, 4.69) is 25.1 Å². The number of benzene rings is 1. The third-order valence-corrected chi connectivity index (χ3v) is 4.15. The molecular weight excluding hydrogens is 272 g/mol. The summed E-state index contributed by atoms with van der Waals surface area (Å²) in [6.07, 6.45) is 14.1. The fourth-order valence-electron chi connectivity index (χ4n) is 2.62. The molecule has 0 saturated carbocycles. The summed E-state index contributed by atoms with van der Waals surface area (Å²) in [7, 11) is 3.44. The third-order valence-electron chi connectivity index (χ3n) is 4.15. The molecule has 0 aromatic heterocycles. The van der Waals surface area contributed by atoms with Crippen LogP contribution in [0.4, 0.5) is 0 Å². The Labute approximate surface area is 136 Å². The molecule has 0 N–H and O–H groups in total. The van der Waals surface area contributed by atoms with Gasteiger partial charge in [0.15, 0.2) is 5.79 Å². The van der Waals surface area contributed by atoms with Gasteiger partial charge in [0, 0.05) is 20.6 Å². The van der Waals surface area contributed by atoms with E-state index in [1.54, 1.807) is 14.2 Å². The first-order chi connectivity index (χ1) is 10.8. The molecule has 124 valence electrons. The Morgan fingerprint density at radius 1 is 0.864 bits per heavy atom. The molecule has 2 nitrogen and oxygen atoms in total. The second-order valence-corrected chi connectivity index (χ2v) is 5.84. The van der Waals surface area contributed by atoms with Crippen molar-refractivity contribution in [1.29, 1.82) is 0 Å². The molecule has 0 atom stereocenters. The topological polar surface area (TPSA) is 18.5 Å². The van der Waals surface area contributed by atoms with Gasteiger partial charge in [0.25, 0.3) is 0 Å². The van der Waals surface area contributed by atoms with E-state index >= 15 is 0 Å². The minimum atomic E-state index is -0.598. The zero-order valence-electron chi connectivity index (χ0n) is 14.5. The van der Waals surface area contributed by atoms with Crippen LogP contribution in [0.2, 0.25) is 0 Å². The van der Waals surface area contributed by atoms with Crippen LogP contribution in [-0.4, -0.2) is 20.0 Å². The Bertz CT molecular complexity index is 393. The molecule has 0 heterocycles. The molecule has 0 aliphatic rings. The van der Waals surface area contributed by atoms with Crippen molar-refractivity contribution in [3.8, 4) is 0 Å². The molecule has 22 heavy (non-hydrogen) atoms. The van der Waals surface area contributed by atoms with Gasteiger partial charge in [0.05, 0.1) is 0 Å². The summed E-state index contributed by atoms with van der Waals surface area (Å²) >= 11 is 0. The van der Waals surface area contributed by atoms with Crippen molar-refractivity contribution in [2.24, 2.45) is 0 Å². The van der Waals surface area contributed by atoms with Gasteiger partial charge in [-0.2, -0.15) is 0 Å². The normalized spacial score (nSPS) is 12.1. The average Bonchev–Trinajstić information content (AvgIpc) is 2.58. The van der Waals surface area contributed by atoms with Crippen molar-refractivity contribution in [3.63, 3.8) is 0 Å². The summed E-state index contributed by atoms with van der Waals surface area (Å²) in [6, 6.07) is 10.3. The van der Waals surface area contributed by atoms with Gasteiger partial charge in [0.1, 0.15) is 0 Å². The maximum absolute atomic E-state index is 5.64. The van der Waals surface area contributed by atoms with E-state index in [1.165, 1.54) is 44.1 Å². The summed E-state index contributed by atoms with van der Waals surface area (Å²) in [5.74, 6) is -0.598. The van der Waals surface area contributed by atoms with Crippen LogP contribution >= 0.6 is 0 Å². The molecular formula is C20H32O2. The number of ether oxygens (including phenoxy) is 2. The minimum absolute atomic E-state index is 0.598. The first kappa shape index (κ1) is 18.9. The third kappa shape index (κ3) is 7.24. The molecule has 0 bridgehead atoms. The van der Waals surface area contributed by atoms with Crippen molar-refractivity contribution >= 4 is 6.08 Å². The highest BCUT2D eigenvalue weighted by Gasteiger charge is 2.25. The zero-order valence-corrected chi connectivity index (χ0v) is 14.5. The lowest BCUT2D eigenvalue weighted by atomic mass is 10.0. The predicted molar refractivity (Wildman–Crippen MR) is 94.8 cm³/mol. The quantitative estimate of drug-likeness (QED) is 0.357. The maximum Gasteiger partial charge on any atom is 0.187 e. The number of methoxy groups -OCH3 is 2. The Balaban J connectivity index is 2.41. The Kier molecular flexibility index (Phi) is 9.85. The highest BCUT2D eigenvalue weighted by atomic mass is 16.7. The Hall–Kier alpha value is -1.12. The van der Waals surface area contributed by atoms with Gasteiger partial charge in [-0.05, 0) is 18.1 Å². The largest absolute Gasteiger partial charge is 0.350 e. The number of unbranched alkanes of at least 4 members (excludes halogenated alkanes) is 6. The average molecular weight is 304 g/mol. The molecule has 0 radical (unpaired) electrons. The lowest BCUT2D eigenvalue weighted by Crippen LogP contribution is -2.31. The van der Waals surface area contributed by atoms with Gasteiger partial charge in [0.2, 0.25) is 0 Å². The van der Waals surface area contributed by atoms with Gasteiger partial charge >= 0.3 is 0 Å². The summed E-state index contributed by atoms with van der Waals surface area (Å²) in [4.78, 5) is 0. The first-order valence-electron chi connectivity index (χ1n) is 8.61. The fraction of sp³-hybridized carbons (Fsp3) is 0.600. The molecule has 0 fully saturated rings. The standard InChI is InChI=1S/C20H32O2/c1-4-5-6-7-8-9-13-17-20(21-2,22-3)18-16-19-14-11-10-12-15-19/h10-12,14-16,18H,4-9,13,17H2,1-3H3. The smallest absolute Gasteiger partial charge is 0.187 e. The van der Waals surface area contributed by atoms with Gasteiger partial charge in [-0.1, -0.05) is 81.9 Å². The molecule has 0 aliphatic heterocycles. The molecule has 0 saturated heterocycles. The molecule has 0 amide bonds. The molecule has 0 aliphatic carbocycles. The summed E-state index contributed by atoms with van der Waals surface area (Å²) in [5, 5.41) is 0. The van der Waals surface area contributed by atoms with E-state index in [0.29, 0.717) is 0 Å². The van der Waals surface area contributed by atoms with Gasteiger partial charge < -0.3 is 9.47 Å². The Morgan fingerprint density at radius 3 is 2.05 bits per heavy atom. The van der Waals surface area contributed by atoms with Crippen LogP contribution in [0.15, 0.2) is 36.4 Å². The highest BCUT2D eigenvalue weighted by molar-refractivity contribution is 5.49. The van der Waals surface area contributed by atoms with E-state index in [-0.39, 0.29) is 0 Å². The fourth-order valence-corrected chi connectivity index (χ4v) is 2.62. The molecule has 1 aromatic carbocycles. The van der Waals surface area contributed by atoms with Crippen LogP contribution in [0.5, 0.6) is 0 Å². The van der Waals surface area contributed by atoms with E-state index < -0.39 is 5.79 Å². The first-order valence-corrected chi connectivity index (χ1v) is 8.61. The monoisotopic (exact) mass is 304 g/mol. The second kappa shape index (κ2) is 11.4. The van der Waals surface area contributed by atoms with Crippen LogP contribution in [0.1, 0.15) is 63.9 Å². The van der Waals surface area contributed by atoms with Crippen molar-refractivity contribution in [1.82, 2.24) is 0 Å². The second-order valence-electron chi connectivity index (χ2n) is 5.84. The van der Waals surface area contributed by atoms with Crippen molar-refractivity contribution in [2.75, 3.05) is 14.2 Å². The van der Waals surface area contributed by atoms with Crippen molar-refractivity contribution in [2.45, 2.75) is 64.1 Å². The summed E-state index contributed by atoms with van der Waals surface area (Å²) in [5.41, 5.74) is 1.17. The van der Waals surface area contributed by atoms with E-state index in [0.717, 1.165) is 12.8 Å². The van der Waals surface area contributed by atoms with Crippen LogP contribution in [0.25, 0.3) is 6.08 Å². The van der Waals surface area contributed by atoms with E-state index in [9.17, 15) is 0 Å². The van der Waals surface area contributed by atoms with E-state index in [4.69, 9.17) is 9.47 Å². The van der Waals surface area contributed by atoms with E-state index in [1.807, 2.05) is 24.3 Å². The zero-order chi connectivity index (χ0) is 16.1. The van der Waals surface area contributed by atoms with Crippen LogP contribution < -0.4 is 0 Å². The molecule has 2 heteroatoms. The van der Waals surface area contributed by atoms with Gasteiger partial charge in [-0.25, -0.2) is 0 Å².